The molecule has 1 aromatic heterocycles. The average Bonchev–Trinajstić information content (AvgIpc) is 3.45. The van der Waals surface area contributed by atoms with Gasteiger partial charge in [0.2, 0.25) is 0 Å². The molecule has 0 unspecified atom stereocenters. The molecule has 0 aliphatic carbocycles. The Labute approximate surface area is 257 Å². The molecule has 43 heavy (non-hydrogen) atoms. The van der Waals surface area contributed by atoms with Crippen LogP contribution in [0.25, 0.3) is 0 Å². The van der Waals surface area contributed by atoms with Gasteiger partial charge in [-0.2, -0.15) is 0 Å². The summed E-state index contributed by atoms with van der Waals surface area (Å²) in [5.41, 5.74) is 6.11. The fourth-order valence-electron chi connectivity index (χ4n) is 5.73. The molecule has 0 spiro atoms. The third kappa shape index (κ3) is 10.3. The number of nitrogens with zero attached hydrogens (tertiary/aromatic N) is 1. The van der Waals surface area contributed by atoms with Gasteiger partial charge in [-0.1, -0.05) is 86.6 Å². The van der Waals surface area contributed by atoms with E-state index in [0.717, 1.165) is 56.3 Å². The van der Waals surface area contributed by atoms with Crippen molar-refractivity contribution in [2.24, 2.45) is 5.92 Å². The smallest absolute Gasteiger partial charge is 0.303 e. The molecular weight excluding hydrogens is 532 g/mol. The molecule has 1 heterocycles. The number of anilines is 1. The van der Waals surface area contributed by atoms with Crippen molar-refractivity contribution in [1.82, 2.24) is 4.57 Å². The van der Waals surface area contributed by atoms with E-state index in [-0.39, 0.29) is 18.1 Å². The van der Waals surface area contributed by atoms with E-state index in [1.165, 1.54) is 11.1 Å². The molecule has 0 fully saturated rings. The lowest BCUT2D eigenvalue weighted by molar-refractivity contribution is -0.137. The second-order valence-electron chi connectivity index (χ2n) is 11.9. The highest BCUT2D eigenvalue weighted by Crippen LogP contribution is 2.26. The summed E-state index contributed by atoms with van der Waals surface area (Å²) in [4.78, 5) is 24.6. The maximum Gasteiger partial charge on any atom is 0.303 e. The van der Waals surface area contributed by atoms with Crippen molar-refractivity contribution >= 4 is 17.4 Å². The molecule has 0 bridgehead atoms. The molecule has 2 N–H and O–H groups in total. The predicted octanol–water partition coefficient (Wildman–Crippen LogP) is 8.78. The number of aryl methyl sites for hydroxylation is 3. The topological polar surface area (TPSA) is 71.3 Å². The van der Waals surface area contributed by atoms with Crippen LogP contribution in [0.2, 0.25) is 0 Å². The first-order chi connectivity index (χ1) is 20.9. The van der Waals surface area contributed by atoms with Crippen LogP contribution in [0, 0.1) is 5.92 Å². The van der Waals surface area contributed by atoms with Crippen molar-refractivity contribution in [2.45, 2.75) is 77.7 Å². The minimum atomic E-state index is -0.800. The lowest BCUT2D eigenvalue weighted by atomic mass is 9.93. The number of aromatic nitrogens is 1. The molecule has 4 aromatic rings. The van der Waals surface area contributed by atoms with Gasteiger partial charge in [-0.15, -0.1) is 0 Å². The van der Waals surface area contributed by atoms with E-state index in [0.29, 0.717) is 30.0 Å². The number of carboxylic acids is 1. The Morgan fingerprint density at radius 2 is 1.42 bits per heavy atom. The Morgan fingerprint density at radius 3 is 2.00 bits per heavy atom. The van der Waals surface area contributed by atoms with Crippen molar-refractivity contribution in [1.29, 1.82) is 0 Å². The molecular formula is C38H46N2O3. The van der Waals surface area contributed by atoms with Gasteiger partial charge < -0.3 is 15.0 Å². The molecule has 0 aliphatic heterocycles. The summed E-state index contributed by atoms with van der Waals surface area (Å²) >= 11 is 0. The van der Waals surface area contributed by atoms with Gasteiger partial charge in [-0.25, -0.2) is 0 Å². The summed E-state index contributed by atoms with van der Waals surface area (Å²) in [6.07, 6.45) is 11.3. The van der Waals surface area contributed by atoms with Crippen LogP contribution >= 0.6 is 0 Å². The second kappa shape index (κ2) is 16.5. The Morgan fingerprint density at radius 1 is 0.791 bits per heavy atom. The van der Waals surface area contributed by atoms with Crippen molar-refractivity contribution in [3.05, 3.63) is 125 Å². The first-order valence-corrected chi connectivity index (χ1v) is 15.8. The SMILES string of the molecule is CC(C)c1cn(CCCC(=O)O)cc1C(=O)c1cccc(NCC(CCCc2ccccc2)CCCc2ccccc2)c1. The summed E-state index contributed by atoms with van der Waals surface area (Å²) in [5.74, 6) is -0.0641. The Hall–Kier alpha value is -4.12. The molecule has 3 aromatic carbocycles. The molecule has 5 nitrogen and oxygen atoms in total. The van der Waals surface area contributed by atoms with Crippen molar-refractivity contribution in [3.8, 4) is 0 Å². The molecule has 226 valence electrons. The van der Waals surface area contributed by atoms with Crippen LogP contribution in [0.4, 0.5) is 5.69 Å². The summed E-state index contributed by atoms with van der Waals surface area (Å²) in [7, 11) is 0. The normalized spacial score (nSPS) is 11.3. The molecule has 4 rings (SSSR count). The number of rotatable bonds is 18. The maximum absolute atomic E-state index is 13.7. The second-order valence-corrected chi connectivity index (χ2v) is 11.9. The summed E-state index contributed by atoms with van der Waals surface area (Å²) in [6, 6.07) is 29.3. The Kier molecular flexibility index (Phi) is 12.2. The van der Waals surface area contributed by atoms with E-state index >= 15 is 0 Å². The van der Waals surface area contributed by atoms with E-state index < -0.39 is 5.97 Å². The first-order valence-electron chi connectivity index (χ1n) is 15.8. The lowest BCUT2D eigenvalue weighted by Gasteiger charge is -2.19. The molecule has 0 saturated heterocycles. The van der Waals surface area contributed by atoms with Crippen LogP contribution in [0.1, 0.15) is 90.9 Å². The van der Waals surface area contributed by atoms with Crippen molar-refractivity contribution in [3.63, 3.8) is 0 Å². The number of benzene rings is 3. The Bertz CT molecular complexity index is 1380. The highest BCUT2D eigenvalue weighted by molar-refractivity contribution is 6.10. The van der Waals surface area contributed by atoms with Crippen LogP contribution in [-0.2, 0) is 24.2 Å². The Balaban J connectivity index is 1.39. The van der Waals surface area contributed by atoms with E-state index in [1.54, 1.807) is 0 Å². The summed E-state index contributed by atoms with van der Waals surface area (Å²) in [6.45, 7) is 5.62. The highest BCUT2D eigenvalue weighted by atomic mass is 16.4. The van der Waals surface area contributed by atoms with E-state index in [9.17, 15) is 9.59 Å². The molecule has 0 radical (unpaired) electrons. The predicted molar refractivity (Wildman–Crippen MR) is 176 cm³/mol. The summed E-state index contributed by atoms with van der Waals surface area (Å²) in [5, 5.41) is 12.6. The monoisotopic (exact) mass is 578 g/mol. The standard InChI is InChI=1S/C38H46N2O3/c1-29(2)35-27-40(24-12-23-37(41)42)28-36(35)38(43)33-21-11-22-34(25-33)39-26-32(19-9-17-30-13-5-3-6-14-30)20-10-18-31-15-7-4-8-16-31/h3-8,11,13-16,21-22,25,27-29,32,39H,9-10,12,17-20,23-24,26H2,1-2H3,(H,41,42). The van der Waals surface area contributed by atoms with Crippen LogP contribution in [0.3, 0.4) is 0 Å². The quantitative estimate of drug-likeness (QED) is 0.116. The lowest BCUT2D eigenvalue weighted by Crippen LogP contribution is -2.15. The number of aliphatic carboxylic acids is 1. The van der Waals surface area contributed by atoms with Gasteiger partial charge in [0, 0.05) is 48.7 Å². The number of carbonyl (C=O) groups is 2. The average molecular weight is 579 g/mol. The van der Waals surface area contributed by atoms with E-state index in [2.05, 4.69) is 79.8 Å². The van der Waals surface area contributed by atoms with Crippen LogP contribution in [0.15, 0.2) is 97.3 Å². The molecule has 5 heteroatoms. The number of carboxylic acid groups (broad SMARTS) is 1. The zero-order chi connectivity index (χ0) is 30.4. The number of ketones is 1. The van der Waals surface area contributed by atoms with Crippen LogP contribution < -0.4 is 5.32 Å². The third-order valence-electron chi connectivity index (χ3n) is 8.15. The maximum atomic E-state index is 13.7. The van der Waals surface area contributed by atoms with Gasteiger partial charge in [0.25, 0.3) is 0 Å². The van der Waals surface area contributed by atoms with Crippen LogP contribution in [-0.4, -0.2) is 28.0 Å². The van der Waals surface area contributed by atoms with Gasteiger partial charge in [0.1, 0.15) is 0 Å². The fourth-order valence-corrected chi connectivity index (χ4v) is 5.73. The van der Waals surface area contributed by atoms with Gasteiger partial charge >= 0.3 is 5.97 Å². The van der Waals surface area contributed by atoms with Gasteiger partial charge in [-0.3, -0.25) is 9.59 Å². The van der Waals surface area contributed by atoms with Gasteiger partial charge in [-0.05, 0) is 85.6 Å². The minimum Gasteiger partial charge on any atom is -0.481 e. The zero-order valence-electron chi connectivity index (χ0n) is 25.7. The van der Waals surface area contributed by atoms with E-state index in [1.807, 2.05) is 41.2 Å². The molecule has 0 amide bonds. The molecule has 0 aliphatic rings. The molecule has 0 atom stereocenters. The minimum absolute atomic E-state index is 0.00612. The summed E-state index contributed by atoms with van der Waals surface area (Å²) < 4.78 is 1.96. The third-order valence-corrected chi connectivity index (χ3v) is 8.15. The van der Waals surface area contributed by atoms with Gasteiger partial charge in [0.15, 0.2) is 5.78 Å². The number of hydrogen-bond donors (Lipinski definition) is 2. The van der Waals surface area contributed by atoms with Gasteiger partial charge in [0.05, 0.1) is 0 Å². The highest BCUT2D eigenvalue weighted by Gasteiger charge is 2.19. The number of carbonyl (C=O) groups excluding carboxylic acids is 1. The number of nitrogens with one attached hydrogen (secondary N) is 1. The molecule has 0 saturated carbocycles. The van der Waals surface area contributed by atoms with Crippen molar-refractivity contribution in [2.75, 3.05) is 11.9 Å². The zero-order valence-corrected chi connectivity index (χ0v) is 25.7. The fraction of sp³-hybridized carbons (Fsp3) is 0.368. The van der Waals surface area contributed by atoms with Crippen molar-refractivity contribution < 1.29 is 14.7 Å². The van der Waals surface area contributed by atoms with E-state index in [4.69, 9.17) is 5.11 Å². The number of hydrogen-bond acceptors (Lipinski definition) is 3. The first kappa shape index (κ1) is 31.8. The van der Waals surface area contributed by atoms with Crippen LogP contribution in [0.5, 0.6) is 0 Å². The largest absolute Gasteiger partial charge is 0.481 e.